The van der Waals surface area contributed by atoms with E-state index in [4.69, 9.17) is 9.47 Å². The Balaban J connectivity index is 1.24. The number of alkyl halides is 4. The van der Waals surface area contributed by atoms with Crippen molar-refractivity contribution in [1.82, 2.24) is 0 Å². The number of carbonyl (C=O) groups is 1. The molecule has 0 unspecified atom stereocenters. The maximum Gasteiger partial charge on any atom is 0.423 e. The van der Waals surface area contributed by atoms with E-state index in [9.17, 15) is 18.0 Å². The van der Waals surface area contributed by atoms with Crippen LogP contribution in [0.3, 0.4) is 0 Å². The van der Waals surface area contributed by atoms with Gasteiger partial charge in [-0.1, -0.05) is 19.8 Å². The quantitative estimate of drug-likeness (QED) is 0.320. The fourth-order valence-corrected chi connectivity index (χ4v) is 7.77. The molecule has 3 nitrogen and oxygen atoms in total. The summed E-state index contributed by atoms with van der Waals surface area (Å²) in [4.78, 5) is 13.0. The van der Waals surface area contributed by atoms with E-state index in [0.717, 1.165) is 57.3 Å². The van der Waals surface area contributed by atoms with Crippen LogP contribution < -0.4 is 0 Å². The van der Waals surface area contributed by atoms with E-state index in [-0.39, 0.29) is 55.8 Å². The van der Waals surface area contributed by atoms with Crippen molar-refractivity contribution in [2.75, 3.05) is 7.11 Å². The lowest BCUT2D eigenvalue weighted by Gasteiger charge is -2.46. The van der Waals surface area contributed by atoms with E-state index >= 15 is 4.39 Å². The van der Waals surface area contributed by atoms with Gasteiger partial charge in [0.05, 0.1) is 18.3 Å². The van der Waals surface area contributed by atoms with Crippen molar-refractivity contribution in [1.29, 1.82) is 0 Å². The van der Waals surface area contributed by atoms with Crippen molar-refractivity contribution in [2.45, 2.75) is 140 Å². The van der Waals surface area contributed by atoms with Crippen molar-refractivity contribution in [2.24, 2.45) is 29.6 Å². The van der Waals surface area contributed by atoms with Crippen molar-refractivity contribution in [3.63, 3.8) is 0 Å². The Labute approximate surface area is 214 Å². The maximum atomic E-state index is 15.9. The number of rotatable bonds is 7. The smallest absolute Gasteiger partial charge is 0.381 e. The van der Waals surface area contributed by atoms with Gasteiger partial charge in [-0.2, -0.15) is 13.2 Å². The third-order valence-electron chi connectivity index (χ3n) is 10.2. The van der Waals surface area contributed by atoms with E-state index in [1.807, 2.05) is 0 Å². The minimum atomic E-state index is -4.85. The lowest BCUT2D eigenvalue weighted by molar-refractivity contribution is -0.277. The van der Waals surface area contributed by atoms with Crippen LogP contribution >= 0.6 is 0 Å². The summed E-state index contributed by atoms with van der Waals surface area (Å²) in [6, 6.07) is 0. The molecule has 0 N–H and O–H groups in total. The van der Waals surface area contributed by atoms with Crippen LogP contribution in [-0.4, -0.2) is 43.0 Å². The van der Waals surface area contributed by atoms with E-state index in [1.54, 1.807) is 7.11 Å². The number of ether oxygens (including phenoxy) is 2. The first-order valence-corrected chi connectivity index (χ1v) is 14.6. The number of ketones is 1. The third kappa shape index (κ3) is 6.30. The van der Waals surface area contributed by atoms with Crippen LogP contribution in [0.2, 0.25) is 0 Å². The summed E-state index contributed by atoms with van der Waals surface area (Å²) in [5, 5.41) is 0. The van der Waals surface area contributed by atoms with Gasteiger partial charge in [0, 0.05) is 30.8 Å². The summed E-state index contributed by atoms with van der Waals surface area (Å²) in [5.74, 6) is -0.409. The molecule has 0 heterocycles. The number of methoxy groups -OCH3 is 1. The number of Topliss-reactive ketones (excluding diaryl/α,β-unsaturated/α-hetero) is 1. The topological polar surface area (TPSA) is 35.5 Å². The highest BCUT2D eigenvalue weighted by Crippen LogP contribution is 2.54. The van der Waals surface area contributed by atoms with Crippen molar-refractivity contribution in [3.8, 4) is 0 Å². The fourth-order valence-electron chi connectivity index (χ4n) is 7.77. The summed E-state index contributed by atoms with van der Waals surface area (Å²) >= 11 is 0. The molecule has 0 spiro atoms. The van der Waals surface area contributed by atoms with Gasteiger partial charge in [0.2, 0.25) is 5.67 Å². The van der Waals surface area contributed by atoms with Crippen molar-refractivity contribution in [3.05, 3.63) is 0 Å². The Morgan fingerprint density at radius 1 is 0.611 bits per heavy atom. The molecule has 4 rings (SSSR count). The first-order chi connectivity index (χ1) is 17.1. The third-order valence-corrected chi connectivity index (χ3v) is 10.2. The van der Waals surface area contributed by atoms with Crippen molar-refractivity contribution < 1.29 is 31.8 Å². The first kappa shape index (κ1) is 28.3. The van der Waals surface area contributed by atoms with Gasteiger partial charge < -0.3 is 9.47 Å². The lowest BCUT2D eigenvalue weighted by Crippen LogP contribution is -2.55. The molecule has 0 amide bonds. The summed E-state index contributed by atoms with van der Waals surface area (Å²) in [6.07, 6.45) is 5.70. The molecule has 0 aliphatic heterocycles. The Morgan fingerprint density at radius 2 is 1.00 bits per heavy atom. The summed E-state index contributed by atoms with van der Waals surface area (Å²) < 4.78 is 69.9. The molecular formula is C29H46F4O3. The average molecular weight is 519 g/mol. The Bertz CT molecular complexity index is 696. The van der Waals surface area contributed by atoms with E-state index < -0.39 is 23.7 Å². The molecule has 0 aromatic rings. The molecule has 0 saturated heterocycles. The van der Waals surface area contributed by atoms with Gasteiger partial charge in [0.1, 0.15) is 5.78 Å². The predicted octanol–water partition coefficient (Wildman–Crippen LogP) is 7.99. The zero-order valence-corrected chi connectivity index (χ0v) is 22.2. The molecule has 4 fully saturated rings. The number of hydrogen-bond donors (Lipinski definition) is 0. The standard InChI is InChI=1S/C29H46F4O3/c1-19-3-5-20(6-4-19)27(34)21-7-13-25(14-8-21)36-26-17-11-23(12-18-26)28(30,29(31,32)33)22-9-15-24(35-2)16-10-22/h19-26H,3-18H2,1-2H3/t19?,20?,21?,22?,23?,24?,25?,26?,28-/m0/s1. The highest BCUT2D eigenvalue weighted by atomic mass is 19.4. The molecule has 4 aliphatic rings. The molecule has 4 aliphatic carbocycles. The van der Waals surface area contributed by atoms with Gasteiger partial charge in [-0.05, 0) is 95.8 Å². The minimum Gasteiger partial charge on any atom is -0.381 e. The van der Waals surface area contributed by atoms with Crippen LogP contribution in [0.4, 0.5) is 17.6 Å². The van der Waals surface area contributed by atoms with Gasteiger partial charge in [-0.15, -0.1) is 0 Å². The summed E-state index contributed by atoms with van der Waals surface area (Å²) in [7, 11) is 1.57. The second-order valence-corrected chi connectivity index (χ2v) is 12.4. The largest absolute Gasteiger partial charge is 0.423 e. The van der Waals surface area contributed by atoms with E-state index in [2.05, 4.69) is 6.92 Å². The van der Waals surface area contributed by atoms with E-state index in [0.29, 0.717) is 31.5 Å². The molecule has 0 bridgehead atoms. The fraction of sp³-hybridized carbons (Fsp3) is 0.966. The normalized spacial score (nSPS) is 40.4. The predicted molar refractivity (Wildman–Crippen MR) is 131 cm³/mol. The number of hydrogen-bond acceptors (Lipinski definition) is 3. The highest BCUT2D eigenvalue weighted by molar-refractivity contribution is 5.83. The maximum absolute atomic E-state index is 15.9. The van der Waals surface area contributed by atoms with Crippen LogP contribution in [0.25, 0.3) is 0 Å². The van der Waals surface area contributed by atoms with E-state index in [1.165, 1.54) is 0 Å². The monoisotopic (exact) mass is 518 g/mol. The molecule has 0 aromatic carbocycles. The number of halogens is 4. The second kappa shape index (κ2) is 12.0. The summed E-state index contributed by atoms with van der Waals surface area (Å²) in [5.41, 5.74) is -3.12. The zero-order chi connectivity index (χ0) is 25.9. The molecular weight excluding hydrogens is 472 g/mol. The van der Waals surface area contributed by atoms with Crippen LogP contribution in [0.5, 0.6) is 0 Å². The highest BCUT2D eigenvalue weighted by Gasteiger charge is 2.64. The molecule has 208 valence electrons. The second-order valence-electron chi connectivity index (χ2n) is 12.4. The number of carbonyl (C=O) groups excluding carboxylic acids is 1. The molecule has 36 heavy (non-hydrogen) atoms. The molecule has 1 atom stereocenters. The Morgan fingerprint density at radius 3 is 1.42 bits per heavy atom. The summed E-state index contributed by atoms with van der Waals surface area (Å²) in [6.45, 7) is 2.26. The minimum absolute atomic E-state index is 0.0559. The van der Waals surface area contributed by atoms with Crippen LogP contribution in [-0.2, 0) is 14.3 Å². The van der Waals surface area contributed by atoms with Gasteiger partial charge in [-0.25, -0.2) is 4.39 Å². The zero-order valence-electron chi connectivity index (χ0n) is 22.2. The van der Waals surface area contributed by atoms with Crippen LogP contribution in [0.15, 0.2) is 0 Å². The van der Waals surface area contributed by atoms with Crippen LogP contribution in [0, 0.1) is 29.6 Å². The first-order valence-electron chi connectivity index (χ1n) is 14.6. The molecule has 4 saturated carbocycles. The van der Waals surface area contributed by atoms with Gasteiger partial charge >= 0.3 is 6.18 Å². The molecule has 0 radical (unpaired) electrons. The van der Waals surface area contributed by atoms with Gasteiger partial charge in [0.25, 0.3) is 0 Å². The Hall–Kier alpha value is -0.690. The van der Waals surface area contributed by atoms with Gasteiger partial charge in [0.15, 0.2) is 0 Å². The average Bonchev–Trinajstić information content (AvgIpc) is 2.88. The van der Waals surface area contributed by atoms with Crippen molar-refractivity contribution >= 4 is 5.78 Å². The van der Waals surface area contributed by atoms with Gasteiger partial charge in [-0.3, -0.25) is 4.79 Å². The SMILES string of the molecule is COC1CCC([C@](F)(C2CCC(OC3CCC(C(=O)C4CCC(C)CC4)CC3)CC2)C(F)(F)F)CC1. The lowest BCUT2D eigenvalue weighted by atomic mass is 9.66. The Kier molecular flexibility index (Phi) is 9.45. The molecule has 7 heteroatoms. The van der Waals surface area contributed by atoms with Crippen LogP contribution in [0.1, 0.15) is 110 Å². The molecule has 0 aromatic heterocycles.